The second-order valence-corrected chi connectivity index (χ2v) is 7.08. The van der Waals surface area contributed by atoms with Crippen molar-refractivity contribution >= 4 is 23.4 Å². The number of ether oxygens (including phenoxy) is 1. The fourth-order valence-corrected chi connectivity index (χ4v) is 3.51. The molecule has 0 spiro atoms. The van der Waals surface area contributed by atoms with Crippen LogP contribution in [0.2, 0.25) is 0 Å². The van der Waals surface area contributed by atoms with Gasteiger partial charge in [0.2, 0.25) is 5.91 Å². The number of carbonyl (C=O) groups excluding carboxylic acids is 2. The van der Waals surface area contributed by atoms with Gasteiger partial charge in [-0.05, 0) is 24.6 Å². The van der Waals surface area contributed by atoms with Crippen molar-refractivity contribution in [3.05, 3.63) is 30.6 Å². The third kappa shape index (κ3) is 4.28. The molecule has 1 atom stereocenters. The van der Waals surface area contributed by atoms with Gasteiger partial charge in [0.15, 0.2) is 6.10 Å². The number of nitrogens with zero attached hydrogens (tertiary/aromatic N) is 4. The number of fused-ring (bicyclic) bond motifs is 1. The third-order valence-electron chi connectivity index (χ3n) is 4.88. The van der Waals surface area contributed by atoms with Gasteiger partial charge in [0, 0.05) is 25.2 Å². The van der Waals surface area contributed by atoms with Gasteiger partial charge >= 0.3 is 6.09 Å². The molecule has 1 aromatic carbocycles. The van der Waals surface area contributed by atoms with Crippen molar-refractivity contribution in [1.82, 2.24) is 9.78 Å². The summed E-state index contributed by atoms with van der Waals surface area (Å²) < 4.78 is 32.3. The SMILES string of the molecule is CC(=O)N1c2ccc(-c3cnn(CCO)c3)cc2N(C(=O)OC(CF)CF)CC1C. The van der Waals surface area contributed by atoms with Crippen molar-refractivity contribution < 1.29 is 28.2 Å². The van der Waals surface area contributed by atoms with E-state index in [0.717, 1.165) is 11.1 Å². The number of anilines is 2. The van der Waals surface area contributed by atoms with Gasteiger partial charge in [-0.2, -0.15) is 5.10 Å². The maximum absolute atomic E-state index is 12.9. The molecule has 1 unspecified atom stereocenters. The maximum Gasteiger partial charge on any atom is 0.414 e. The Kier molecular flexibility index (Phi) is 6.66. The van der Waals surface area contributed by atoms with Gasteiger partial charge < -0.3 is 14.7 Å². The lowest BCUT2D eigenvalue weighted by molar-refractivity contribution is -0.117. The first-order valence-electron chi connectivity index (χ1n) is 9.57. The third-order valence-corrected chi connectivity index (χ3v) is 4.88. The number of halogens is 2. The molecule has 8 nitrogen and oxygen atoms in total. The summed E-state index contributed by atoms with van der Waals surface area (Å²) in [6.07, 6.45) is 1.02. The fourth-order valence-electron chi connectivity index (χ4n) is 3.51. The first-order chi connectivity index (χ1) is 14.4. The number of hydrogen-bond acceptors (Lipinski definition) is 5. The van der Waals surface area contributed by atoms with E-state index in [0.29, 0.717) is 17.9 Å². The van der Waals surface area contributed by atoms with Gasteiger partial charge in [-0.25, -0.2) is 13.6 Å². The molecule has 0 aliphatic carbocycles. The zero-order valence-electron chi connectivity index (χ0n) is 16.8. The van der Waals surface area contributed by atoms with Crippen LogP contribution in [0.1, 0.15) is 13.8 Å². The molecule has 2 heterocycles. The van der Waals surface area contributed by atoms with Crippen molar-refractivity contribution in [3.8, 4) is 11.1 Å². The Bertz CT molecular complexity index is 916. The number of aliphatic hydroxyl groups excluding tert-OH is 1. The standard InChI is InChI=1S/C20H24F2N4O4/c1-13-11-25(20(29)30-17(8-21)9-22)19-7-15(3-4-18(19)26(13)14(2)28)16-10-23-24(12-16)5-6-27/h3-4,7,10,12-13,17,27H,5-6,8-9,11H2,1-2H3. The zero-order valence-corrected chi connectivity index (χ0v) is 16.8. The monoisotopic (exact) mass is 422 g/mol. The Morgan fingerprint density at radius 1 is 1.27 bits per heavy atom. The molecule has 0 fully saturated rings. The Morgan fingerprint density at radius 3 is 2.63 bits per heavy atom. The molecule has 30 heavy (non-hydrogen) atoms. The average molecular weight is 422 g/mol. The highest BCUT2D eigenvalue weighted by molar-refractivity contribution is 6.03. The van der Waals surface area contributed by atoms with Gasteiger partial charge in [0.05, 0.1) is 36.8 Å². The van der Waals surface area contributed by atoms with E-state index < -0.39 is 25.5 Å². The molecule has 0 radical (unpaired) electrons. The maximum atomic E-state index is 12.9. The fraction of sp³-hybridized carbons (Fsp3) is 0.450. The Balaban J connectivity index is 2.02. The molecule has 1 aliphatic heterocycles. The molecule has 1 aromatic heterocycles. The summed E-state index contributed by atoms with van der Waals surface area (Å²) in [4.78, 5) is 27.7. The summed E-state index contributed by atoms with van der Waals surface area (Å²) in [7, 11) is 0. The summed E-state index contributed by atoms with van der Waals surface area (Å²) in [5, 5.41) is 13.2. The minimum absolute atomic E-state index is 0.0549. The molecule has 0 saturated heterocycles. The first-order valence-corrected chi connectivity index (χ1v) is 9.57. The number of aromatic nitrogens is 2. The number of alkyl halides is 2. The van der Waals surface area contributed by atoms with E-state index >= 15 is 0 Å². The lowest BCUT2D eigenvalue weighted by atomic mass is 10.0. The van der Waals surface area contributed by atoms with E-state index in [1.807, 2.05) is 0 Å². The molecule has 1 N–H and O–H groups in total. The van der Waals surface area contributed by atoms with Crippen LogP contribution in [0.25, 0.3) is 11.1 Å². The topological polar surface area (TPSA) is 87.9 Å². The number of rotatable bonds is 6. The molecular weight excluding hydrogens is 398 g/mol. The van der Waals surface area contributed by atoms with E-state index in [1.165, 1.54) is 11.8 Å². The molecule has 3 rings (SSSR count). The van der Waals surface area contributed by atoms with Gasteiger partial charge in [0.1, 0.15) is 13.3 Å². The van der Waals surface area contributed by atoms with Crippen molar-refractivity contribution in [3.63, 3.8) is 0 Å². The van der Waals surface area contributed by atoms with Crippen LogP contribution in [0.3, 0.4) is 0 Å². The Labute approximate surface area is 172 Å². The molecule has 1 aliphatic rings. The van der Waals surface area contributed by atoms with Crippen LogP contribution in [-0.2, 0) is 16.1 Å². The second-order valence-electron chi connectivity index (χ2n) is 7.08. The molecule has 2 amide bonds. The molecule has 0 bridgehead atoms. The van der Waals surface area contributed by atoms with E-state index in [9.17, 15) is 18.4 Å². The minimum Gasteiger partial charge on any atom is -0.440 e. The zero-order chi connectivity index (χ0) is 21.8. The largest absolute Gasteiger partial charge is 0.440 e. The number of carbonyl (C=O) groups is 2. The van der Waals surface area contributed by atoms with E-state index in [4.69, 9.17) is 9.84 Å². The predicted molar refractivity (Wildman–Crippen MR) is 107 cm³/mol. The van der Waals surface area contributed by atoms with Gasteiger partial charge in [-0.1, -0.05) is 6.07 Å². The van der Waals surface area contributed by atoms with Crippen LogP contribution in [-0.4, -0.2) is 65.5 Å². The smallest absolute Gasteiger partial charge is 0.414 e. The van der Waals surface area contributed by atoms with Crippen LogP contribution in [0.5, 0.6) is 0 Å². The van der Waals surface area contributed by atoms with E-state index in [1.54, 1.807) is 47.1 Å². The summed E-state index contributed by atoms with van der Waals surface area (Å²) in [5.74, 6) is -0.189. The lowest BCUT2D eigenvalue weighted by Gasteiger charge is -2.40. The van der Waals surface area contributed by atoms with Gasteiger partial charge in [-0.3, -0.25) is 14.4 Å². The van der Waals surface area contributed by atoms with Crippen molar-refractivity contribution in [2.75, 3.05) is 36.3 Å². The quantitative estimate of drug-likeness (QED) is 0.773. The summed E-state index contributed by atoms with van der Waals surface area (Å²) in [6.45, 7) is 1.37. The van der Waals surface area contributed by atoms with E-state index in [-0.39, 0.29) is 25.1 Å². The van der Waals surface area contributed by atoms with Crippen LogP contribution >= 0.6 is 0 Å². The molecule has 0 saturated carbocycles. The highest BCUT2D eigenvalue weighted by atomic mass is 19.1. The number of benzene rings is 1. The molecule has 10 heteroatoms. The van der Waals surface area contributed by atoms with Crippen LogP contribution in [0.15, 0.2) is 30.6 Å². The predicted octanol–water partition coefficient (Wildman–Crippen LogP) is 2.55. The van der Waals surface area contributed by atoms with Gasteiger partial charge in [-0.15, -0.1) is 0 Å². The van der Waals surface area contributed by atoms with Crippen LogP contribution in [0, 0.1) is 0 Å². The highest BCUT2D eigenvalue weighted by Crippen LogP contribution is 2.39. The Morgan fingerprint density at radius 2 is 2.00 bits per heavy atom. The van der Waals surface area contributed by atoms with Crippen LogP contribution in [0.4, 0.5) is 25.0 Å². The minimum atomic E-state index is -1.47. The summed E-state index contributed by atoms with van der Waals surface area (Å²) in [5.41, 5.74) is 2.37. The van der Waals surface area contributed by atoms with Crippen molar-refractivity contribution in [2.45, 2.75) is 32.5 Å². The number of aliphatic hydroxyl groups is 1. The molecular formula is C20H24F2N4O4. The summed E-state index contributed by atoms with van der Waals surface area (Å²) in [6, 6.07) is 4.86. The average Bonchev–Trinajstić information content (AvgIpc) is 3.19. The first kappa shape index (κ1) is 21.7. The van der Waals surface area contributed by atoms with Gasteiger partial charge in [0.25, 0.3) is 0 Å². The normalized spacial score (nSPS) is 16.0. The second kappa shape index (κ2) is 9.21. The van der Waals surface area contributed by atoms with Crippen molar-refractivity contribution in [1.29, 1.82) is 0 Å². The molecule has 2 aromatic rings. The Hall–Kier alpha value is -3.01. The number of hydrogen-bond donors (Lipinski definition) is 1. The summed E-state index contributed by atoms with van der Waals surface area (Å²) >= 11 is 0. The number of amides is 2. The highest BCUT2D eigenvalue weighted by Gasteiger charge is 2.35. The van der Waals surface area contributed by atoms with Crippen molar-refractivity contribution in [2.24, 2.45) is 0 Å². The van der Waals surface area contributed by atoms with Crippen LogP contribution < -0.4 is 9.80 Å². The molecule has 162 valence electrons. The lowest BCUT2D eigenvalue weighted by Crippen LogP contribution is -2.52. The van der Waals surface area contributed by atoms with E-state index in [2.05, 4.69) is 5.10 Å².